The molecule has 0 aromatic heterocycles. The number of hydrogen-bond donors (Lipinski definition) is 0. The number of ether oxygens (including phenoxy) is 1. The molecular weight excluding hydrogens is 268 g/mol. The van der Waals surface area contributed by atoms with Crippen molar-refractivity contribution in [3.05, 3.63) is 29.3 Å². The molecule has 0 N–H and O–H groups in total. The first-order chi connectivity index (χ1) is 9.83. The second kappa shape index (κ2) is 4.16. The third kappa shape index (κ3) is 1.56. The zero-order valence-corrected chi connectivity index (χ0v) is 12.5. The van der Waals surface area contributed by atoms with Crippen molar-refractivity contribution in [1.82, 2.24) is 0 Å². The van der Waals surface area contributed by atoms with Crippen LogP contribution in [0.3, 0.4) is 0 Å². The molecule has 3 saturated carbocycles. The van der Waals surface area contributed by atoms with Gasteiger partial charge in [0.2, 0.25) is 0 Å². The molecule has 0 radical (unpaired) electrons. The van der Waals surface area contributed by atoms with Gasteiger partial charge in [-0.2, -0.15) is 0 Å². The minimum absolute atomic E-state index is 0.237. The average molecular weight is 289 g/mol. The van der Waals surface area contributed by atoms with Gasteiger partial charge in [0.1, 0.15) is 5.75 Å². The highest BCUT2D eigenvalue weighted by molar-refractivity contribution is 6.21. The van der Waals surface area contributed by atoms with Crippen molar-refractivity contribution in [3.8, 4) is 5.75 Å². The minimum atomic E-state index is 0.237. The van der Waals surface area contributed by atoms with E-state index in [1.165, 1.54) is 30.4 Å². The van der Waals surface area contributed by atoms with E-state index in [0.29, 0.717) is 0 Å². The van der Waals surface area contributed by atoms with E-state index in [1.807, 2.05) is 0 Å². The van der Waals surface area contributed by atoms with Crippen LogP contribution in [0.25, 0.3) is 0 Å². The number of rotatable bonds is 2. The molecule has 5 unspecified atom stereocenters. The topological polar surface area (TPSA) is 9.23 Å². The summed E-state index contributed by atoms with van der Waals surface area (Å²) in [6, 6.07) is 6.67. The third-order valence-corrected chi connectivity index (χ3v) is 6.93. The van der Waals surface area contributed by atoms with E-state index < -0.39 is 0 Å². The quantitative estimate of drug-likeness (QED) is 0.724. The Morgan fingerprint density at radius 3 is 2.75 bits per heavy atom. The molecule has 106 valence electrons. The molecule has 1 heterocycles. The summed E-state index contributed by atoms with van der Waals surface area (Å²) in [6.45, 7) is 0.868. The summed E-state index contributed by atoms with van der Waals surface area (Å²) in [5, 5.41) is 0.237. The van der Waals surface area contributed by atoms with Crippen LogP contribution >= 0.6 is 11.6 Å². The lowest BCUT2D eigenvalue weighted by Crippen LogP contribution is -2.10. The Balaban J connectivity index is 1.41. The first-order valence-electron chi connectivity index (χ1n) is 8.22. The summed E-state index contributed by atoms with van der Waals surface area (Å²) in [5.41, 5.74) is 2.71. The largest absolute Gasteiger partial charge is 0.493 e. The Morgan fingerprint density at radius 2 is 1.95 bits per heavy atom. The van der Waals surface area contributed by atoms with E-state index in [-0.39, 0.29) is 5.38 Å². The van der Waals surface area contributed by atoms with Gasteiger partial charge in [-0.15, -0.1) is 11.6 Å². The van der Waals surface area contributed by atoms with Crippen LogP contribution in [0, 0.1) is 29.6 Å². The van der Waals surface area contributed by atoms with Crippen molar-refractivity contribution in [2.75, 3.05) is 6.61 Å². The van der Waals surface area contributed by atoms with Crippen LogP contribution in [0.15, 0.2) is 18.2 Å². The van der Waals surface area contributed by atoms with Crippen LogP contribution in [0.4, 0.5) is 0 Å². The zero-order valence-electron chi connectivity index (χ0n) is 11.7. The fraction of sp³-hybridized carbons (Fsp3) is 0.667. The van der Waals surface area contributed by atoms with Gasteiger partial charge in [0, 0.05) is 0 Å². The van der Waals surface area contributed by atoms with Gasteiger partial charge in [-0.1, -0.05) is 12.1 Å². The lowest BCUT2D eigenvalue weighted by molar-refractivity contribution is 0.288. The molecule has 3 fully saturated rings. The first-order valence-corrected chi connectivity index (χ1v) is 8.66. The molecule has 3 aliphatic carbocycles. The zero-order chi connectivity index (χ0) is 13.3. The maximum Gasteiger partial charge on any atom is 0.122 e. The highest BCUT2D eigenvalue weighted by Gasteiger charge is 2.66. The SMILES string of the molecule is ClC(c1ccc2c(c1)CCCO2)C1C2C3CCC(C3)C21. The van der Waals surface area contributed by atoms with Gasteiger partial charge in [-0.25, -0.2) is 0 Å². The first kappa shape index (κ1) is 11.9. The van der Waals surface area contributed by atoms with Gasteiger partial charge < -0.3 is 4.74 Å². The van der Waals surface area contributed by atoms with E-state index in [1.54, 1.807) is 0 Å². The Kier molecular flexibility index (Phi) is 2.48. The summed E-state index contributed by atoms with van der Waals surface area (Å²) in [7, 11) is 0. The highest BCUT2D eigenvalue weighted by atomic mass is 35.5. The van der Waals surface area contributed by atoms with Crippen molar-refractivity contribution in [3.63, 3.8) is 0 Å². The van der Waals surface area contributed by atoms with Crippen LogP contribution in [-0.4, -0.2) is 6.61 Å². The Hall–Kier alpha value is -0.690. The fourth-order valence-corrected chi connectivity index (χ4v) is 6.03. The molecule has 1 aliphatic heterocycles. The molecule has 1 nitrogen and oxygen atoms in total. The van der Waals surface area contributed by atoms with Crippen molar-refractivity contribution in [2.45, 2.75) is 37.5 Å². The van der Waals surface area contributed by atoms with E-state index in [2.05, 4.69) is 18.2 Å². The average Bonchev–Trinajstić information content (AvgIpc) is 2.93. The minimum Gasteiger partial charge on any atom is -0.493 e. The second-order valence-electron chi connectivity index (χ2n) is 7.29. The van der Waals surface area contributed by atoms with Crippen LogP contribution in [0.5, 0.6) is 5.75 Å². The number of alkyl halides is 1. The number of aryl methyl sites for hydroxylation is 1. The predicted octanol–water partition coefficient (Wildman–Crippen LogP) is 4.58. The van der Waals surface area contributed by atoms with Crippen LogP contribution in [0.2, 0.25) is 0 Å². The Bertz CT molecular complexity index is 538. The van der Waals surface area contributed by atoms with Gasteiger partial charge in [-0.3, -0.25) is 0 Å². The number of hydrogen-bond acceptors (Lipinski definition) is 1. The highest BCUT2D eigenvalue weighted by Crippen LogP contribution is 2.73. The van der Waals surface area contributed by atoms with Gasteiger partial charge in [0.15, 0.2) is 0 Å². The summed E-state index contributed by atoms with van der Waals surface area (Å²) in [4.78, 5) is 0. The maximum atomic E-state index is 6.87. The van der Waals surface area contributed by atoms with E-state index >= 15 is 0 Å². The summed E-state index contributed by atoms with van der Waals surface area (Å²) in [5.74, 6) is 5.80. The number of benzene rings is 1. The lowest BCUT2D eigenvalue weighted by Gasteiger charge is -2.20. The molecule has 2 bridgehead atoms. The fourth-order valence-electron chi connectivity index (χ4n) is 5.56. The summed E-state index contributed by atoms with van der Waals surface area (Å²) < 4.78 is 5.71. The molecule has 5 atom stereocenters. The molecule has 1 aromatic rings. The number of fused-ring (bicyclic) bond motifs is 6. The molecule has 20 heavy (non-hydrogen) atoms. The van der Waals surface area contributed by atoms with Gasteiger partial charge >= 0.3 is 0 Å². The van der Waals surface area contributed by atoms with Gasteiger partial charge in [0.25, 0.3) is 0 Å². The monoisotopic (exact) mass is 288 g/mol. The molecule has 1 aromatic carbocycles. The second-order valence-corrected chi connectivity index (χ2v) is 7.76. The third-order valence-electron chi connectivity index (χ3n) is 6.38. The summed E-state index contributed by atoms with van der Waals surface area (Å²) >= 11 is 6.87. The van der Waals surface area contributed by atoms with Crippen LogP contribution in [0.1, 0.15) is 42.2 Å². The Morgan fingerprint density at radius 1 is 1.15 bits per heavy atom. The van der Waals surface area contributed by atoms with E-state index in [9.17, 15) is 0 Å². The number of halogens is 1. The van der Waals surface area contributed by atoms with Crippen molar-refractivity contribution in [1.29, 1.82) is 0 Å². The Labute approximate surface area is 125 Å². The maximum absolute atomic E-state index is 6.87. The van der Waals surface area contributed by atoms with E-state index in [0.717, 1.165) is 54.8 Å². The van der Waals surface area contributed by atoms with E-state index in [4.69, 9.17) is 16.3 Å². The van der Waals surface area contributed by atoms with Gasteiger partial charge in [0.05, 0.1) is 12.0 Å². The molecule has 2 heteroatoms. The molecule has 0 saturated heterocycles. The lowest BCUT2D eigenvalue weighted by atomic mass is 9.95. The molecule has 5 rings (SSSR count). The van der Waals surface area contributed by atoms with Crippen LogP contribution in [-0.2, 0) is 6.42 Å². The predicted molar refractivity (Wildman–Crippen MR) is 80.2 cm³/mol. The molecule has 0 amide bonds. The standard InChI is InChI=1S/C18H21ClO/c19-18(17-15-11-3-4-12(9-11)16(15)17)13-5-6-14-10(8-13)2-1-7-20-14/h5-6,8,11-12,15-18H,1-4,7,9H2. The van der Waals surface area contributed by atoms with Crippen molar-refractivity contribution >= 4 is 11.6 Å². The van der Waals surface area contributed by atoms with Crippen molar-refractivity contribution < 1.29 is 4.74 Å². The molecular formula is C18H21ClO. The van der Waals surface area contributed by atoms with Gasteiger partial charge in [-0.05, 0) is 78.9 Å². The normalized spacial score (nSPS) is 41.8. The molecule has 4 aliphatic rings. The van der Waals surface area contributed by atoms with Crippen molar-refractivity contribution in [2.24, 2.45) is 29.6 Å². The summed E-state index contributed by atoms with van der Waals surface area (Å²) in [6.07, 6.45) is 6.75. The van der Waals surface area contributed by atoms with Crippen LogP contribution < -0.4 is 4.74 Å². The molecule has 0 spiro atoms. The smallest absolute Gasteiger partial charge is 0.122 e.